The van der Waals surface area contributed by atoms with Crippen LogP contribution >= 0.6 is 0 Å². The van der Waals surface area contributed by atoms with Crippen LogP contribution in [0.3, 0.4) is 0 Å². The first-order valence-electron chi connectivity index (χ1n) is 4.24. The summed E-state index contributed by atoms with van der Waals surface area (Å²) in [5, 5.41) is 0. The molecular weight excluding hydrogens is 120 g/mol. The first-order valence-corrected chi connectivity index (χ1v) is 4.24. The third kappa shape index (κ3) is 1.12. The van der Waals surface area contributed by atoms with Crippen molar-refractivity contribution >= 4 is 0 Å². The van der Waals surface area contributed by atoms with Gasteiger partial charge in [-0.25, -0.2) is 0 Å². The summed E-state index contributed by atoms with van der Waals surface area (Å²) in [5.41, 5.74) is 0.631. The number of hydrogen-bond donors (Lipinski definition) is 0. The molecule has 1 saturated carbocycles. The van der Waals surface area contributed by atoms with Crippen LogP contribution in [-0.2, 0) is 0 Å². The molecule has 3 unspecified atom stereocenters. The lowest BCUT2D eigenvalue weighted by molar-refractivity contribution is 0.403. The summed E-state index contributed by atoms with van der Waals surface area (Å²) in [6.07, 6.45) is 5.91. The van der Waals surface area contributed by atoms with Crippen LogP contribution in [0.4, 0.5) is 0 Å². The van der Waals surface area contributed by atoms with Gasteiger partial charge in [0, 0.05) is 0 Å². The van der Waals surface area contributed by atoms with Gasteiger partial charge in [0.15, 0.2) is 0 Å². The molecule has 0 N–H and O–H groups in total. The van der Waals surface area contributed by atoms with Gasteiger partial charge in [0.05, 0.1) is 0 Å². The molecular formula is C10H18. The van der Waals surface area contributed by atoms with E-state index in [1.54, 1.807) is 0 Å². The Hall–Kier alpha value is -0.260. The van der Waals surface area contributed by atoms with E-state index in [4.69, 9.17) is 0 Å². The quantitative estimate of drug-likeness (QED) is 0.514. The minimum Gasteiger partial charge on any atom is -0.0914 e. The van der Waals surface area contributed by atoms with Gasteiger partial charge in [0.1, 0.15) is 0 Å². The molecule has 10 heavy (non-hydrogen) atoms. The van der Waals surface area contributed by atoms with Crippen LogP contribution < -0.4 is 0 Å². The summed E-state index contributed by atoms with van der Waals surface area (Å²) >= 11 is 0. The van der Waals surface area contributed by atoms with Gasteiger partial charge in [-0.2, -0.15) is 0 Å². The van der Waals surface area contributed by atoms with E-state index in [9.17, 15) is 0 Å². The van der Waals surface area contributed by atoms with Gasteiger partial charge in [0.2, 0.25) is 0 Å². The summed E-state index contributed by atoms with van der Waals surface area (Å²) in [6.45, 7) is 9.17. The second-order valence-electron chi connectivity index (χ2n) is 3.93. The van der Waals surface area contributed by atoms with Gasteiger partial charge in [-0.15, -0.1) is 0 Å². The summed E-state index contributed by atoms with van der Waals surface area (Å²) in [5.74, 6) is 1.71. The van der Waals surface area contributed by atoms with Crippen molar-refractivity contribution in [3.05, 3.63) is 12.2 Å². The highest BCUT2D eigenvalue weighted by Gasteiger charge is 2.49. The molecule has 0 aromatic carbocycles. The number of hydrogen-bond acceptors (Lipinski definition) is 0. The Labute approximate surface area is 64.3 Å². The molecule has 0 radical (unpaired) electrons. The molecule has 0 bridgehead atoms. The largest absolute Gasteiger partial charge is 0.0914 e. The fourth-order valence-electron chi connectivity index (χ4n) is 1.74. The fourth-order valence-corrected chi connectivity index (χ4v) is 1.74. The zero-order chi connectivity index (χ0) is 7.78. The predicted molar refractivity (Wildman–Crippen MR) is 45.9 cm³/mol. The molecule has 0 nitrogen and oxygen atoms in total. The Morgan fingerprint density at radius 2 is 2.10 bits per heavy atom. The third-order valence-corrected chi connectivity index (χ3v) is 3.23. The van der Waals surface area contributed by atoms with E-state index >= 15 is 0 Å². The van der Waals surface area contributed by atoms with Crippen LogP contribution in [0.2, 0.25) is 0 Å². The maximum absolute atomic E-state index is 2.39. The van der Waals surface area contributed by atoms with E-state index in [-0.39, 0.29) is 0 Å². The van der Waals surface area contributed by atoms with Gasteiger partial charge in [-0.05, 0) is 30.6 Å². The molecule has 0 saturated heterocycles. The molecule has 0 aromatic heterocycles. The van der Waals surface area contributed by atoms with Crippen molar-refractivity contribution < 1.29 is 0 Å². The summed E-state index contributed by atoms with van der Waals surface area (Å²) < 4.78 is 0. The maximum Gasteiger partial charge on any atom is -0.0205 e. The highest BCUT2D eigenvalue weighted by Crippen LogP contribution is 2.57. The first-order chi connectivity index (χ1) is 4.61. The van der Waals surface area contributed by atoms with E-state index < -0.39 is 0 Å². The molecule has 1 aliphatic rings. The smallest absolute Gasteiger partial charge is 0.0205 e. The van der Waals surface area contributed by atoms with Crippen molar-refractivity contribution in [1.82, 2.24) is 0 Å². The number of allylic oxidation sites excluding steroid dienone is 2. The normalized spacial score (nSPS) is 42.2. The van der Waals surface area contributed by atoms with E-state index in [1.165, 1.54) is 6.42 Å². The first kappa shape index (κ1) is 7.84. The Morgan fingerprint density at radius 1 is 1.60 bits per heavy atom. The SMILES string of the molecule is CC=CC(C)C1(C)CC1C. The van der Waals surface area contributed by atoms with Crippen molar-refractivity contribution in [2.75, 3.05) is 0 Å². The van der Waals surface area contributed by atoms with Crippen LogP contribution in [0, 0.1) is 17.3 Å². The van der Waals surface area contributed by atoms with Gasteiger partial charge in [-0.1, -0.05) is 32.9 Å². The van der Waals surface area contributed by atoms with E-state index in [1.807, 2.05) is 0 Å². The molecule has 0 heterocycles. The van der Waals surface area contributed by atoms with E-state index in [2.05, 4.69) is 39.8 Å². The minimum absolute atomic E-state index is 0.631. The van der Waals surface area contributed by atoms with Crippen molar-refractivity contribution in [1.29, 1.82) is 0 Å². The van der Waals surface area contributed by atoms with E-state index in [0.717, 1.165) is 11.8 Å². The van der Waals surface area contributed by atoms with Crippen LogP contribution in [-0.4, -0.2) is 0 Å². The summed E-state index contributed by atoms with van der Waals surface area (Å²) in [6, 6.07) is 0. The molecule has 0 amide bonds. The molecule has 0 heteroatoms. The zero-order valence-electron chi connectivity index (χ0n) is 7.52. The topological polar surface area (TPSA) is 0 Å². The fraction of sp³-hybridized carbons (Fsp3) is 0.800. The number of rotatable bonds is 2. The molecule has 0 spiro atoms. The second kappa shape index (κ2) is 2.41. The van der Waals surface area contributed by atoms with E-state index in [0.29, 0.717) is 5.41 Å². The van der Waals surface area contributed by atoms with Gasteiger partial charge in [0.25, 0.3) is 0 Å². The van der Waals surface area contributed by atoms with Crippen molar-refractivity contribution in [3.8, 4) is 0 Å². The lowest BCUT2D eigenvalue weighted by Crippen LogP contribution is -2.07. The summed E-state index contributed by atoms with van der Waals surface area (Å²) in [7, 11) is 0. The lowest BCUT2D eigenvalue weighted by atomic mass is 9.90. The third-order valence-electron chi connectivity index (χ3n) is 3.23. The van der Waals surface area contributed by atoms with Crippen LogP contribution in [0.25, 0.3) is 0 Å². The second-order valence-corrected chi connectivity index (χ2v) is 3.93. The highest BCUT2D eigenvalue weighted by atomic mass is 14.5. The molecule has 58 valence electrons. The van der Waals surface area contributed by atoms with Crippen LogP contribution in [0.5, 0.6) is 0 Å². The van der Waals surface area contributed by atoms with Gasteiger partial charge < -0.3 is 0 Å². The van der Waals surface area contributed by atoms with Crippen molar-refractivity contribution in [2.24, 2.45) is 17.3 Å². The van der Waals surface area contributed by atoms with Gasteiger partial charge in [-0.3, -0.25) is 0 Å². The Kier molecular flexibility index (Phi) is 1.89. The average Bonchev–Trinajstić information content (AvgIpc) is 2.43. The van der Waals surface area contributed by atoms with Crippen LogP contribution in [0.1, 0.15) is 34.1 Å². The van der Waals surface area contributed by atoms with Crippen LogP contribution in [0.15, 0.2) is 12.2 Å². The maximum atomic E-state index is 2.39. The summed E-state index contributed by atoms with van der Waals surface area (Å²) in [4.78, 5) is 0. The predicted octanol–water partition coefficient (Wildman–Crippen LogP) is 3.24. The Morgan fingerprint density at radius 3 is 2.40 bits per heavy atom. The highest BCUT2D eigenvalue weighted by molar-refractivity contribution is 5.05. The average molecular weight is 138 g/mol. The lowest BCUT2D eigenvalue weighted by Gasteiger charge is -2.15. The monoisotopic (exact) mass is 138 g/mol. The van der Waals surface area contributed by atoms with Gasteiger partial charge >= 0.3 is 0 Å². The molecule has 0 aromatic rings. The van der Waals surface area contributed by atoms with Crippen molar-refractivity contribution in [2.45, 2.75) is 34.1 Å². The molecule has 0 aliphatic heterocycles. The van der Waals surface area contributed by atoms with Crippen molar-refractivity contribution in [3.63, 3.8) is 0 Å². The minimum atomic E-state index is 0.631. The Balaban J connectivity index is 2.50. The zero-order valence-corrected chi connectivity index (χ0v) is 7.52. The molecule has 1 rings (SSSR count). The molecule has 1 fully saturated rings. The Bertz CT molecular complexity index is 146. The molecule has 3 atom stereocenters. The molecule has 1 aliphatic carbocycles. The standard InChI is InChI=1S/C10H18/c1-5-6-8(2)10(4)7-9(10)3/h5-6,8-9H,7H2,1-4H3.